The van der Waals surface area contributed by atoms with E-state index in [9.17, 15) is 13.6 Å². The second kappa shape index (κ2) is 5.32. The minimum Gasteiger partial charge on any atom is -0.331 e. The summed E-state index contributed by atoms with van der Waals surface area (Å²) in [4.78, 5) is 15.2. The fourth-order valence-electron chi connectivity index (χ4n) is 2.17. The third kappa shape index (κ3) is 2.88. The summed E-state index contributed by atoms with van der Waals surface area (Å²) in [6.45, 7) is 0.499. The molecule has 0 atom stereocenters. The van der Waals surface area contributed by atoms with Gasteiger partial charge in [-0.25, -0.2) is 8.78 Å². The number of amides is 1. The van der Waals surface area contributed by atoms with Gasteiger partial charge in [0, 0.05) is 22.5 Å². The topological polar surface area (TPSA) is 20.3 Å². The second-order valence-corrected chi connectivity index (χ2v) is 5.93. The molecule has 20 heavy (non-hydrogen) atoms. The molecular formula is C15H13F2NOS. The first-order chi connectivity index (χ1) is 9.63. The predicted octanol–water partition coefficient (Wildman–Crippen LogP) is 3.83. The molecule has 2 aromatic rings. The highest BCUT2D eigenvalue weighted by Gasteiger charge is 2.33. The minimum absolute atomic E-state index is 0.0750. The van der Waals surface area contributed by atoms with Crippen LogP contribution < -0.4 is 0 Å². The maximum Gasteiger partial charge on any atom is 0.254 e. The van der Waals surface area contributed by atoms with Crippen LogP contribution in [0.3, 0.4) is 0 Å². The highest BCUT2D eigenvalue weighted by Crippen LogP contribution is 2.30. The molecule has 0 unspecified atom stereocenters. The first-order valence-corrected chi connectivity index (χ1v) is 7.31. The summed E-state index contributed by atoms with van der Waals surface area (Å²) in [6.07, 6.45) is 1.91. The van der Waals surface area contributed by atoms with Gasteiger partial charge in [0.15, 0.2) is 0 Å². The van der Waals surface area contributed by atoms with Gasteiger partial charge >= 0.3 is 0 Å². The number of hydrogen-bond acceptors (Lipinski definition) is 2. The van der Waals surface area contributed by atoms with E-state index >= 15 is 0 Å². The lowest BCUT2D eigenvalue weighted by Crippen LogP contribution is -2.32. The molecule has 0 saturated heterocycles. The zero-order chi connectivity index (χ0) is 14.1. The fourth-order valence-corrected chi connectivity index (χ4v) is 2.87. The van der Waals surface area contributed by atoms with Crippen LogP contribution in [0.4, 0.5) is 8.78 Å². The van der Waals surface area contributed by atoms with Gasteiger partial charge in [0.25, 0.3) is 5.91 Å². The molecule has 3 rings (SSSR count). The van der Waals surface area contributed by atoms with Crippen molar-refractivity contribution in [1.82, 2.24) is 4.90 Å². The molecule has 5 heteroatoms. The van der Waals surface area contributed by atoms with E-state index in [2.05, 4.69) is 0 Å². The van der Waals surface area contributed by atoms with Crippen molar-refractivity contribution in [3.05, 3.63) is 57.8 Å². The van der Waals surface area contributed by atoms with Crippen molar-refractivity contribution < 1.29 is 13.6 Å². The van der Waals surface area contributed by atoms with Crippen molar-refractivity contribution >= 4 is 17.2 Å². The van der Waals surface area contributed by atoms with Crippen molar-refractivity contribution in [2.75, 3.05) is 0 Å². The van der Waals surface area contributed by atoms with E-state index in [4.69, 9.17) is 0 Å². The average molecular weight is 293 g/mol. The van der Waals surface area contributed by atoms with Crippen molar-refractivity contribution in [3.8, 4) is 0 Å². The quantitative estimate of drug-likeness (QED) is 0.839. The van der Waals surface area contributed by atoms with Gasteiger partial charge in [0.2, 0.25) is 0 Å². The van der Waals surface area contributed by atoms with Crippen LogP contribution in [0.25, 0.3) is 0 Å². The number of rotatable bonds is 4. The van der Waals surface area contributed by atoms with Crippen molar-refractivity contribution in [1.29, 1.82) is 0 Å². The number of nitrogens with zero attached hydrogens (tertiary/aromatic N) is 1. The first kappa shape index (κ1) is 13.2. The molecule has 104 valence electrons. The van der Waals surface area contributed by atoms with Gasteiger partial charge in [0.05, 0.1) is 6.54 Å². The Kier molecular flexibility index (Phi) is 3.53. The smallest absolute Gasteiger partial charge is 0.254 e. The lowest BCUT2D eigenvalue weighted by atomic mass is 10.1. The van der Waals surface area contributed by atoms with Gasteiger partial charge in [-0.2, -0.15) is 0 Å². The van der Waals surface area contributed by atoms with Crippen LogP contribution in [0.1, 0.15) is 28.1 Å². The van der Waals surface area contributed by atoms with Crippen LogP contribution >= 0.6 is 11.3 Å². The Hall–Kier alpha value is -1.75. The van der Waals surface area contributed by atoms with E-state index in [0.29, 0.717) is 6.54 Å². The van der Waals surface area contributed by atoms with Gasteiger partial charge in [0.1, 0.15) is 11.6 Å². The predicted molar refractivity (Wildman–Crippen MR) is 73.6 cm³/mol. The largest absolute Gasteiger partial charge is 0.331 e. The highest BCUT2D eigenvalue weighted by molar-refractivity contribution is 7.09. The number of carbonyl (C=O) groups excluding carboxylic acids is 1. The van der Waals surface area contributed by atoms with E-state index in [0.717, 1.165) is 35.9 Å². The summed E-state index contributed by atoms with van der Waals surface area (Å²) in [7, 11) is 0. The Morgan fingerprint density at radius 1 is 1.25 bits per heavy atom. The first-order valence-electron chi connectivity index (χ1n) is 6.43. The molecule has 0 bridgehead atoms. The Labute approximate surface area is 119 Å². The van der Waals surface area contributed by atoms with Crippen LogP contribution in [0.2, 0.25) is 0 Å². The van der Waals surface area contributed by atoms with Crippen LogP contribution in [0, 0.1) is 11.6 Å². The van der Waals surface area contributed by atoms with E-state index < -0.39 is 11.6 Å². The van der Waals surface area contributed by atoms with Crippen molar-refractivity contribution in [3.63, 3.8) is 0 Å². The van der Waals surface area contributed by atoms with E-state index in [1.807, 2.05) is 17.5 Å². The standard InChI is InChI=1S/C15H13F2NOS/c16-11-6-10(7-12(17)8-11)15(19)18(13-3-4-13)9-14-2-1-5-20-14/h1-2,5-8,13H,3-4,9H2. The molecule has 0 radical (unpaired) electrons. The summed E-state index contributed by atoms with van der Waals surface area (Å²) in [6, 6.07) is 7.04. The Bertz CT molecular complexity index is 603. The fraction of sp³-hybridized carbons (Fsp3) is 0.267. The molecule has 2 nitrogen and oxygen atoms in total. The van der Waals surface area contributed by atoms with Gasteiger partial charge < -0.3 is 4.90 Å². The molecule has 1 heterocycles. The normalized spacial score (nSPS) is 14.3. The molecular weight excluding hydrogens is 280 g/mol. The maximum atomic E-state index is 13.2. The molecule has 1 aliphatic rings. The maximum absolute atomic E-state index is 13.2. The van der Waals surface area contributed by atoms with E-state index in [1.165, 1.54) is 0 Å². The zero-order valence-corrected chi connectivity index (χ0v) is 11.5. The monoisotopic (exact) mass is 293 g/mol. The molecule has 1 aliphatic carbocycles. The molecule has 0 N–H and O–H groups in total. The number of benzene rings is 1. The lowest BCUT2D eigenvalue weighted by Gasteiger charge is -2.22. The molecule has 1 saturated carbocycles. The van der Waals surface area contributed by atoms with Gasteiger partial charge in [-0.1, -0.05) is 6.07 Å². The third-order valence-electron chi connectivity index (χ3n) is 3.26. The van der Waals surface area contributed by atoms with E-state index in [1.54, 1.807) is 16.2 Å². The number of carbonyl (C=O) groups is 1. The SMILES string of the molecule is O=C(c1cc(F)cc(F)c1)N(Cc1cccs1)C1CC1. The molecule has 1 amide bonds. The van der Waals surface area contributed by atoms with Crippen LogP contribution in [0.5, 0.6) is 0 Å². The average Bonchev–Trinajstić information content (AvgIpc) is 3.11. The number of thiophene rings is 1. The van der Waals surface area contributed by atoms with Crippen molar-refractivity contribution in [2.24, 2.45) is 0 Å². The van der Waals surface area contributed by atoms with Crippen molar-refractivity contribution in [2.45, 2.75) is 25.4 Å². The zero-order valence-electron chi connectivity index (χ0n) is 10.7. The Morgan fingerprint density at radius 3 is 2.50 bits per heavy atom. The molecule has 1 fully saturated rings. The van der Waals surface area contributed by atoms with E-state index in [-0.39, 0.29) is 17.5 Å². The van der Waals surface area contributed by atoms with Crippen LogP contribution in [0.15, 0.2) is 35.7 Å². The van der Waals surface area contributed by atoms with Gasteiger partial charge in [-0.3, -0.25) is 4.79 Å². The molecule has 0 aliphatic heterocycles. The highest BCUT2D eigenvalue weighted by atomic mass is 32.1. The Morgan fingerprint density at radius 2 is 1.95 bits per heavy atom. The van der Waals surface area contributed by atoms with Gasteiger partial charge in [-0.05, 0) is 36.4 Å². The summed E-state index contributed by atoms with van der Waals surface area (Å²) in [5.74, 6) is -1.75. The van der Waals surface area contributed by atoms with Crippen LogP contribution in [-0.4, -0.2) is 16.8 Å². The molecule has 1 aromatic heterocycles. The molecule has 1 aromatic carbocycles. The summed E-state index contributed by atoms with van der Waals surface area (Å²) in [5, 5.41) is 1.95. The van der Waals surface area contributed by atoms with Gasteiger partial charge in [-0.15, -0.1) is 11.3 Å². The lowest BCUT2D eigenvalue weighted by molar-refractivity contribution is 0.0730. The number of halogens is 2. The summed E-state index contributed by atoms with van der Waals surface area (Å²) < 4.78 is 26.5. The minimum atomic E-state index is -0.722. The molecule has 0 spiro atoms. The second-order valence-electron chi connectivity index (χ2n) is 4.90. The van der Waals surface area contributed by atoms with Crippen LogP contribution in [-0.2, 0) is 6.54 Å². The third-order valence-corrected chi connectivity index (χ3v) is 4.13. The Balaban J connectivity index is 1.85. The summed E-state index contributed by atoms with van der Waals surface area (Å²) in [5.41, 5.74) is 0.0750. The number of hydrogen-bond donors (Lipinski definition) is 0. The summed E-state index contributed by atoms with van der Waals surface area (Å²) >= 11 is 1.57.